The number of aromatic hydroxyl groups is 1. The maximum absolute atomic E-state index is 9.82. The maximum atomic E-state index is 9.82. The van der Waals surface area contributed by atoms with Crippen molar-refractivity contribution in [1.82, 2.24) is 4.98 Å². The van der Waals surface area contributed by atoms with Crippen LogP contribution in [0.15, 0.2) is 40.8 Å². The fraction of sp³-hybridized carbons (Fsp3) is 0. The highest BCUT2D eigenvalue weighted by atomic mass is 16.3. The molecule has 0 radical (unpaired) electrons. The number of phenols is 1. The summed E-state index contributed by atoms with van der Waals surface area (Å²) in [6.07, 6.45) is 0. The second-order valence-corrected chi connectivity index (χ2v) is 3.99. The minimum Gasteiger partial charge on any atom is -0.507 e. The van der Waals surface area contributed by atoms with Gasteiger partial charge in [-0.1, -0.05) is 6.07 Å². The van der Waals surface area contributed by atoms with Crippen molar-refractivity contribution in [3.63, 3.8) is 0 Å². The molecule has 1 heterocycles. The molecular formula is C13H11N3O2. The normalized spacial score (nSPS) is 10.9. The highest BCUT2D eigenvalue weighted by Crippen LogP contribution is 2.35. The van der Waals surface area contributed by atoms with Gasteiger partial charge in [-0.25, -0.2) is 4.98 Å². The molecule has 0 spiro atoms. The Bertz CT molecular complexity index is 714. The fourth-order valence-corrected chi connectivity index (χ4v) is 1.84. The van der Waals surface area contributed by atoms with Gasteiger partial charge in [-0.15, -0.1) is 0 Å². The van der Waals surface area contributed by atoms with Gasteiger partial charge in [0.05, 0.1) is 0 Å². The van der Waals surface area contributed by atoms with E-state index in [9.17, 15) is 5.11 Å². The van der Waals surface area contributed by atoms with Crippen molar-refractivity contribution in [2.75, 3.05) is 11.5 Å². The van der Waals surface area contributed by atoms with E-state index < -0.39 is 0 Å². The quantitative estimate of drug-likeness (QED) is 0.568. The minimum atomic E-state index is 0.0366. The van der Waals surface area contributed by atoms with E-state index in [1.54, 1.807) is 30.3 Å². The molecule has 3 aromatic rings. The first-order valence-electron chi connectivity index (χ1n) is 5.39. The highest BCUT2D eigenvalue weighted by Gasteiger charge is 2.15. The van der Waals surface area contributed by atoms with Gasteiger partial charge in [-0.05, 0) is 24.3 Å². The van der Waals surface area contributed by atoms with Gasteiger partial charge < -0.3 is 21.0 Å². The van der Waals surface area contributed by atoms with Gasteiger partial charge in [-0.3, -0.25) is 0 Å². The first-order valence-corrected chi connectivity index (χ1v) is 5.39. The highest BCUT2D eigenvalue weighted by molar-refractivity contribution is 5.83. The summed E-state index contributed by atoms with van der Waals surface area (Å²) >= 11 is 0. The van der Waals surface area contributed by atoms with Gasteiger partial charge in [-0.2, -0.15) is 0 Å². The number of anilines is 2. The third-order valence-electron chi connectivity index (χ3n) is 2.70. The third kappa shape index (κ3) is 1.53. The number of fused-ring (bicyclic) bond motifs is 1. The van der Waals surface area contributed by atoms with Crippen molar-refractivity contribution in [2.24, 2.45) is 0 Å². The smallest absolute Gasteiger partial charge is 0.233 e. The standard InChI is InChI=1S/C13H11N3O2/c14-7-4-5-9-11(6-7)18-13(16-9)12-8(15)2-1-3-10(12)17/h1-6,17H,14-15H2. The number of nitrogens with zero attached hydrogens (tertiary/aromatic N) is 1. The second-order valence-electron chi connectivity index (χ2n) is 3.99. The zero-order chi connectivity index (χ0) is 12.7. The summed E-state index contributed by atoms with van der Waals surface area (Å²) in [5.41, 5.74) is 14.1. The zero-order valence-corrected chi connectivity index (χ0v) is 9.42. The molecule has 18 heavy (non-hydrogen) atoms. The molecule has 1 aromatic heterocycles. The monoisotopic (exact) mass is 241 g/mol. The van der Waals surface area contributed by atoms with Crippen molar-refractivity contribution >= 4 is 22.5 Å². The van der Waals surface area contributed by atoms with Crippen molar-refractivity contribution in [3.05, 3.63) is 36.4 Å². The Morgan fingerprint density at radius 1 is 1.11 bits per heavy atom. The van der Waals surface area contributed by atoms with E-state index in [4.69, 9.17) is 15.9 Å². The van der Waals surface area contributed by atoms with Gasteiger partial charge in [0, 0.05) is 17.4 Å². The van der Waals surface area contributed by atoms with Crippen LogP contribution in [-0.2, 0) is 0 Å². The second kappa shape index (κ2) is 3.66. The van der Waals surface area contributed by atoms with E-state index in [0.29, 0.717) is 28.0 Å². The molecule has 0 atom stereocenters. The van der Waals surface area contributed by atoms with Crippen LogP contribution in [0.5, 0.6) is 5.75 Å². The number of aromatic nitrogens is 1. The number of benzene rings is 2. The lowest BCUT2D eigenvalue weighted by atomic mass is 10.1. The van der Waals surface area contributed by atoms with E-state index in [-0.39, 0.29) is 11.6 Å². The van der Waals surface area contributed by atoms with Crippen LogP contribution in [-0.4, -0.2) is 10.1 Å². The van der Waals surface area contributed by atoms with Crippen LogP contribution in [0, 0.1) is 0 Å². The third-order valence-corrected chi connectivity index (χ3v) is 2.70. The lowest BCUT2D eigenvalue weighted by Gasteiger charge is -2.02. The number of phenolic OH excluding ortho intramolecular Hbond substituents is 1. The van der Waals surface area contributed by atoms with Gasteiger partial charge in [0.15, 0.2) is 5.58 Å². The first kappa shape index (κ1) is 10.5. The Morgan fingerprint density at radius 3 is 2.72 bits per heavy atom. The van der Waals surface area contributed by atoms with Crippen LogP contribution in [0.25, 0.3) is 22.6 Å². The summed E-state index contributed by atoms with van der Waals surface area (Å²) in [7, 11) is 0. The molecule has 0 saturated heterocycles. The molecule has 5 nitrogen and oxygen atoms in total. The molecule has 0 aliphatic rings. The molecule has 0 aliphatic heterocycles. The SMILES string of the molecule is Nc1ccc2nc(-c3c(N)cccc3O)oc2c1. The van der Waals surface area contributed by atoms with Crippen LogP contribution in [0.3, 0.4) is 0 Å². The van der Waals surface area contributed by atoms with Gasteiger partial charge in [0.25, 0.3) is 0 Å². The summed E-state index contributed by atoms with van der Waals surface area (Å²) in [5.74, 6) is 0.320. The van der Waals surface area contributed by atoms with Crippen molar-refractivity contribution in [3.8, 4) is 17.2 Å². The molecule has 0 fully saturated rings. The summed E-state index contributed by atoms with van der Waals surface area (Å²) < 4.78 is 5.57. The number of hydrogen-bond donors (Lipinski definition) is 3. The molecule has 0 amide bonds. The number of oxazole rings is 1. The topological polar surface area (TPSA) is 98.3 Å². The molecule has 2 aromatic carbocycles. The van der Waals surface area contributed by atoms with Crippen molar-refractivity contribution in [1.29, 1.82) is 0 Å². The number of nitrogen functional groups attached to an aromatic ring is 2. The predicted octanol–water partition coefficient (Wildman–Crippen LogP) is 2.36. The molecule has 0 bridgehead atoms. The summed E-state index contributed by atoms with van der Waals surface area (Å²) in [5, 5.41) is 9.82. The minimum absolute atomic E-state index is 0.0366. The van der Waals surface area contributed by atoms with E-state index >= 15 is 0 Å². The molecule has 0 aliphatic carbocycles. The lowest BCUT2D eigenvalue weighted by molar-refractivity contribution is 0.474. The summed E-state index contributed by atoms with van der Waals surface area (Å²) in [4.78, 5) is 4.28. The predicted molar refractivity (Wildman–Crippen MR) is 69.9 cm³/mol. The molecule has 0 unspecified atom stereocenters. The number of rotatable bonds is 1. The maximum Gasteiger partial charge on any atom is 0.233 e. The van der Waals surface area contributed by atoms with Crippen molar-refractivity contribution < 1.29 is 9.52 Å². The number of hydrogen-bond acceptors (Lipinski definition) is 5. The number of nitrogens with two attached hydrogens (primary N) is 2. The Kier molecular flexibility index (Phi) is 2.13. The molecule has 5 N–H and O–H groups in total. The zero-order valence-electron chi connectivity index (χ0n) is 9.42. The Morgan fingerprint density at radius 2 is 1.94 bits per heavy atom. The van der Waals surface area contributed by atoms with E-state index in [0.717, 1.165) is 0 Å². The van der Waals surface area contributed by atoms with Crippen LogP contribution in [0.4, 0.5) is 11.4 Å². The molecule has 90 valence electrons. The van der Waals surface area contributed by atoms with Gasteiger partial charge >= 0.3 is 0 Å². The average Bonchev–Trinajstić information content (AvgIpc) is 2.71. The van der Waals surface area contributed by atoms with E-state index in [1.807, 2.05) is 0 Å². The van der Waals surface area contributed by atoms with Gasteiger partial charge in [0.1, 0.15) is 16.8 Å². The van der Waals surface area contributed by atoms with E-state index in [2.05, 4.69) is 4.98 Å². The largest absolute Gasteiger partial charge is 0.507 e. The average molecular weight is 241 g/mol. The molecular weight excluding hydrogens is 230 g/mol. The summed E-state index contributed by atoms with van der Waals surface area (Å²) in [6, 6.07) is 10.1. The first-order chi connectivity index (χ1) is 8.65. The van der Waals surface area contributed by atoms with Gasteiger partial charge in [0.2, 0.25) is 5.89 Å². The Hall–Kier alpha value is -2.69. The van der Waals surface area contributed by atoms with Crippen LogP contribution < -0.4 is 11.5 Å². The van der Waals surface area contributed by atoms with Crippen molar-refractivity contribution in [2.45, 2.75) is 0 Å². The summed E-state index contributed by atoms with van der Waals surface area (Å²) in [6.45, 7) is 0. The Balaban J connectivity index is 2.26. The van der Waals surface area contributed by atoms with Crippen LogP contribution in [0.1, 0.15) is 0 Å². The lowest BCUT2D eigenvalue weighted by Crippen LogP contribution is -1.90. The fourth-order valence-electron chi connectivity index (χ4n) is 1.84. The van der Waals surface area contributed by atoms with Crippen LogP contribution in [0.2, 0.25) is 0 Å². The Labute approximate surface area is 103 Å². The van der Waals surface area contributed by atoms with E-state index in [1.165, 1.54) is 6.07 Å². The van der Waals surface area contributed by atoms with Crippen LogP contribution >= 0.6 is 0 Å². The molecule has 3 rings (SSSR count). The molecule has 0 saturated carbocycles. The molecule has 5 heteroatoms.